The van der Waals surface area contributed by atoms with E-state index in [0.29, 0.717) is 21.9 Å². The van der Waals surface area contributed by atoms with Gasteiger partial charge in [0.05, 0.1) is 34.0 Å². The van der Waals surface area contributed by atoms with Gasteiger partial charge in [-0.05, 0) is 30.3 Å². The molecule has 4 rings (SSSR count). The lowest BCUT2D eigenvalue weighted by atomic mass is 10.1. The Hall–Kier alpha value is -2.61. The molecule has 2 heterocycles. The lowest BCUT2D eigenvalue weighted by Crippen LogP contribution is -2.23. The maximum absolute atomic E-state index is 13.5. The third kappa shape index (κ3) is 2.44. The first-order chi connectivity index (χ1) is 12.3. The Kier molecular flexibility index (Phi) is 3.69. The molecule has 8 heteroatoms. The number of halogens is 4. The Morgan fingerprint density at radius 3 is 2.58 bits per heavy atom. The summed E-state index contributed by atoms with van der Waals surface area (Å²) in [5.41, 5.74) is -0.203. The molecular weight excluding hydrogens is 411 g/mol. The molecule has 0 amide bonds. The number of fused-ring (bicyclic) bond motifs is 3. The number of pyridine rings is 1. The molecule has 132 valence electrons. The van der Waals surface area contributed by atoms with Crippen LogP contribution in [0.4, 0.5) is 13.2 Å². The van der Waals surface area contributed by atoms with E-state index in [-0.39, 0.29) is 5.69 Å². The van der Waals surface area contributed by atoms with Gasteiger partial charge in [-0.2, -0.15) is 13.2 Å². The van der Waals surface area contributed by atoms with E-state index in [9.17, 15) is 18.0 Å². The largest absolute Gasteiger partial charge is 0.418 e. The molecule has 0 spiro atoms. The summed E-state index contributed by atoms with van der Waals surface area (Å²) in [6.07, 6.45) is -3.08. The van der Waals surface area contributed by atoms with Crippen molar-refractivity contribution in [2.24, 2.45) is 7.05 Å². The van der Waals surface area contributed by atoms with Gasteiger partial charge >= 0.3 is 11.9 Å². The Bertz CT molecular complexity index is 1220. The Labute approximate surface area is 153 Å². The lowest BCUT2D eigenvalue weighted by molar-refractivity contribution is -0.137. The molecule has 0 bridgehead atoms. The molecule has 0 aliphatic carbocycles. The van der Waals surface area contributed by atoms with Crippen LogP contribution in [0.3, 0.4) is 0 Å². The average molecular weight is 422 g/mol. The van der Waals surface area contributed by atoms with E-state index in [1.165, 1.54) is 36.0 Å². The van der Waals surface area contributed by atoms with Gasteiger partial charge in [0.25, 0.3) is 0 Å². The first-order valence-corrected chi connectivity index (χ1v) is 8.40. The molecule has 0 radical (unpaired) electrons. The number of alkyl halides is 3. The van der Waals surface area contributed by atoms with Crippen LogP contribution in [0.2, 0.25) is 0 Å². The standard InChI is InChI=1S/C18H11BrF3N3O/c1-24-15-9-23-13-7-6-10(19)8-11(13)16(15)25(17(24)26)14-5-3-2-4-12(14)18(20,21)22/h2-9H,1H3. The van der Waals surface area contributed by atoms with Gasteiger partial charge < -0.3 is 0 Å². The topological polar surface area (TPSA) is 39.8 Å². The lowest BCUT2D eigenvalue weighted by Gasteiger charge is -2.14. The van der Waals surface area contributed by atoms with Crippen molar-refractivity contribution in [2.45, 2.75) is 6.18 Å². The maximum Gasteiger partial charge on any atom is 0.418 e. The fraction of sp³-hybridized carbons (Fsp3) is 0.111. The van der Waals surface area contributed by atoms with Gasteiger partial charge in [0, 0.05) is 16.9 Å². The summed E-state index contributed by atoms with van der Waals surface area (Å²) in [7, 11) is 1.52. The molecule has 2 aromatic carbocycles. The molecule has 4 nitrogen and oxygen atoms in total. The number of hydrogen-bond donors (Lipinski definition) is 0. The van der Waals surface area contributed by atoms with Crippen LogP contribution in [0, 0.1) is 0 Å². The van der Waals surface area contributed by atoms with E-state index >= 15 is 0 Å². The number of aryl methyl sites for hydroxylation is 1. The predicted molar refractivity (Wildman–Crippen MR) is 96.5 cm³/mol. The Morgan fingerprint density at radius 2 is 1.85 bits per heavy atom. The van der Waals surface area contributed by atoms with Crippen LogP contribution in [-0.2, 0) is 13.2 Å². The average Bonchev–Trinajstić information content (AvgIpc) is 2.86. The van der Waals surface area contributed by atoms with E-state index in [2.05, 4.69) is 20.9 Å². The van der Waals surface area contributed by atoms with Crippen LogP contribution in [0.5, 0.6) is 0 Å². The van der Waals surface area contributed by atoms with Gasteiger partial charge in [-0.15, -0.1) is 0 Å². The third-order valence-electron chi connectivity index (χ3n) is 4.30. The molecule has 0 atom stereocenters. The summed E-state index contributed by atoms with van der Waals surface area (Å²) in [6.45, 7) is 0. The SMILES string of the molecule is Cn1c(=O)n(-c2ccccc2C(F)(F)F)c2c3cc(Br)ccc3ncc21. The van der Waals surface area contributed by atoms with Gasteiger partial charge in [-0.3, -0.25) is 14.1 Å². The zero-order valence-electron chi connectivity index (χ0n) is 13.4. The summed E-state index contributed by atoms with van der Waals surface area (Å²) >= 11 is 3.37. The van der Waals surface area contributed by atoms with Crippen molar-refractivity contribution in [1.82, 2.24) is 14.1 Å². The number of nitrogens with zero attached hydrogens (tertiary/aromatic N) is 3. The van der Waals surface area contributed by atoms with Crippen molar-refractivity contribution in [3.05, 3.63) is 69.2 Å². The van der Waals surface area contributed by atoms with Crippen LogP contribution in [-0.4, -0.2) is 14.1 Å². The predicted octanol–water partition coefficient (Wildman–Crippen LogP) is 4.66. The second-order valence-electron chi connectivity index (χ2n) is 5.85. The summed E-state index contributed by atoms with van der Waals surface area (Å²) in [5.74, 6) is 0. The van der Waals surface area contributed by atoms with Crippen molar-refractivity contribution < 1.29 is 13.2 Å². The van der Waals surface area contributed by atoms with Crippen LogP contribution in [0.15, 0.2) is 57.9 Å². The molecule has 2 aromatic heterocycles. The molecule has 0 saturated heterocycles. The molecule has 0 unspecified atom stereocenters. The highest BCUT2D eigenvalue weighted by molar-refractivity contribution is 9.10. The fourth-order valence-corrected chi connectivity index (χ4v) is 3.46. The van der Waals surface area contributed by atoms with Crippen molar-refractivity contribution in [1.29, 1.82) is 0 Å². The number of aromatic nitrogens is 3. The van der Waals surface area contributed by atoms with Gasteiger partial charge in [0.1, 0.15) is 0 Å². The third-order valence-corrected chi connectivity index (χ3v) is 4.79. The molecule has 26 heavy (non-hydrogen) atoms. The van der Waals surface area contributed by atoms with E-state index < -0.39 is 17.4 Å². The zero-order chi connectivity index (χ0) is 18.6. The highest BCUT2D eigenvalue weighted by Gasteiger charge is 2.34. The number of rotatable bonds is 1. The Morgan fingerprint density at radius 1 is 1.12 bits per heavy atom. The second kappa shape index (κ2) is 5.70. The zero-order valence-corrected chi connectivity index (χ0v) is 15.0. The van der Waals surface area contributed by atoms with E-state index in [0.717, 1.165) is 15.1 Å². The van der Waals surface area contributed by atoms with Crippen molar-refractivity contribution >= 4 is 37.9 Å². The van der Waals surface area contributed by atoms with Gasteiger partial charge in [-0.1, -0.05) is 28.1 Å². The summed E-state index contributed by atoms with van der Waals surface area (Å²) < 4.78 is 43.7. The van der Waals surface area contributed by atoms with E-state index in [1.54, 1.807) is 18.2 Å². The second-order valence-corrected chi connectivity index (χ2v) is 6.76. The Balaban J connectivity index is 2.24. The van der Waals surface area contributed by atoms with Crippen LogP contribution in [0.1, 0.15) is 5.56 Å². The minimum absolute atomic E-state index is 0.205. The number of benzene rings is 2. The maximum atomic E-state index is 13.5. The molecule has 0 fully saturated rings. The van der Waals surface area contributed by atoms with Crippen LogP contribution >= 0.6 is 15.9 Å². The quantitative estimate of drug-likeness (QED) is 0.448. The molecule has 4 aromatic rings. The van der Waals surface area contributed by atoms with Crippen molar-refractivity contribution in [2.75, 3.05) is 0 Å². The minimum atomic E-state index is -4.58. The molecule has 0 saturated carbocycles. The molecule has 0 aliphatic rings. The smallest absolute Gasteiger partial charge is 0.293 e. The van der Waals surface area contributed by atoms with Gasteiger partial charge in [0.15, 0.2) is 0 Å². The normalized spacial score (nSPS) is 12.2. The monoisotopic (exact) mass is 421 g/mol. The fourth-order valence-electron chi connectivity index (χ4n) is 3.10. The summed E-state index contributed by atoms with van der Waals surface area (Å²) in [6, 6.07) is 10.3. The minimum Gasteiger partial charge on any atom is -0.293 e. The number of para-hydroxylation sites is 1. The number of hydrogen-bond acceptors (Lipinski definition) is 2. The highest BCUT2D eigenvalue weighted by Crippen LogP contribution is 2.35. The van der Waals surface area contributed by atoms with Crippen LogP contribution < -0.4 is 5.69 Å². The van der Waals surface area contributed by atoms with Gasteiger partial charge in [-0.25, -0.2) is 4.79 Å². The first-order valence-electron chi connectivity index (χ1n) is 7.61. The van der Waals surface area contributed by atoms with E-state index in [4.69, 9.17) is 0 Å². The van der Waals surface area contributed by atoms with Crippen LogP contribution in [0.25, 0.3) is 27.6 Å². The number of imidazole rings is 1. The molecule has 0 N–H and O–H groups in total. The van der Waals surface area contributed by atoms with Crippen molar-refractivity contribution in [3.8, 4) is 5.69 Å². The highest BCUT2D eigenvalue weighted by atomic mass is 79.9. The summed E-state index contributed by atoms with van der Waals surface area (Å²) in [5, 5.41) is 0.589. The van der Waals surface area contributed by atoms with E-state index in [1.807, 2.05) is 0 Å². The summed E-state index contributed by atoms with van der Waals surface area (Å²) in [4.78, 5) is 17.1. The molecule has 0 aliphatic heterocycles. The molecular formula is C18H11BrF3N3O. The van der Waals surface area contributed by atoms with Crippen molar-refractivity contribution in [3.63, 3.8) is 0 Å². The first kappa shape index (κ1) is 16.8. The van der Waals surface area contributed by atoms with Gasteiger partial charge in [0.2, 0.25) is 0 Å².